The van der Waals surface area contributed by atoms with Crippen molar-refractivity contribution < 1.29 is 4.79 Å². The van der Waals surface area contributed by atoms with Gasteiger partial charge in [0.05, 0.1) is 10.4 Å². The minimum absolute atomic E-state index is 0.143. The zero-order valence-electron chi connectivity index (χ0n) is 11.5. The maximum Gasteiger partial charge on any atom is 0.263 e. The Morgan fingerprint density at radius 3 is 3.00 bits per heavy atom. The molecule has 0 spiro atoms. The Hall–Kier alpha value is -2.41. The number of fused-ring (bicyclic) bond motifs is 1. The third-order valence-electron chi connectivity index (χ3n) is 3.33. The molecular formula is C14H15N5OS. The van der Waals surface area contributed by atoms with Gasteiger partial charge >= 0.3 is 0 Å². The van der Waals surface area contributed by atoms with Crippen LogP contribution in [-0.2, 0) is 13.5 Å². The van der Waals surface area contributed by atoms with Crippen molar-refractivity contribution in [3.63, 3.8) is 0 Å². The lowest BCUT2D eigenvalue weighted by molar-refractivity contribution is 0.0959. The second kappa shape index (κ2) is 5.53. The minimum atomic E-state index is -0.143. The van der Waals surface area contributed by atoms with E-state index < -0.39 is 0 Å². The van der Waals surface area contributed by atoms with Crippen molar-refractivity contribution in [1.82, 2.24) is 20.1 Å². The van der Waals surface area contributed by atoms with Crippen molar-refractivity contribution in [3.8, 4) is 0 Å². The number of nitrogen functional groups attached to an aromatic ring is 1. The van der Waals surface area contributed by atoms with Gasteiger partial charge in [0.2, 0.25) is 0 Å². The number of carbonyl (C=O) groups excluding carboxylic acids is 1. The van der Waals surface area contributed by atoms with Gasteiger partial charge in [-0.05, 0) is 12.1 Å². The summed E-state index contributed by atoms with van der Waals surface area (Å²) in [5, 5.41) is 7.87. The van der Waals surface area contributed by atoms with Crippen LogP contribution in [0.3, 0.4) is 0 Å². The predicted molar refractivity (Wildman–Crippen MR) is 83.3 cm³/mol. The third kappa shape index (κ3) is 2.59. The van der Waals surface area contributed by atoms with Crippen LogP contribution in [0.2, 0.25) is 0 Å². The highest BCUT2D eigenvalue weighted by atomic mass is 32.1. The van der Waals surface area contributed by atoms with Gasteiger partial charge in [-0.2, -0.15) is 5.10 Å². The standard InChI is InChI=1S/C14H15N5OS/c1-19-9(3-7-18-19)2-6-17-14(20)13-12(15)10-4-5-16-8-11(10)21-13/h3-5,7-8H,2,6,15H2,1H3,(H,17,20). The highest BCUT2D eigenvalue weighted by Gasteiger charge is 2.15. The van der Waals surface area contributed by atoms with E-state index in [0.717, 1.165) is 22.2 Å². The number of nitrogens with one attached hydrogen (secondary N) is 1. The maximum atomic E-state index is 12.2. The smallest absolute Gasteiger partial charge is 0.263 e. The predicted octanol–water partition coefficient (Wildman–Crippen LogP) is 1.58. The number of amides is 1. The van der Waals surface area contributed by atoms with Crippen molar-refractivity contribution in [3.05, 3.63) is 41.3 Å². The molecule has 0 saturated heterocycles. The van der Waals surface area contributed by atoms with Crippen LogP contribution in [0.25, 0.3) is 10.1 Å². The molecule has 0 aromatic carbocycles. The Balaban J connectivity index is 1.70. The van der Waals surface area contributed by atoms with Crippen LogP contribution in [0.5, 0.6) is 0 Å². The summed E-state index contributed by atoms with van der Waals surface area (Å²) in [6, 6.07) is 3.76. The molecule has 3 rings (SSSR count). The average molecular weight is 301 g/mol. The van der Waals surface area contributed by atoms with E-state index in [9.17, 15) is 4.79 Å². The topological polar surface area (TPSA) is 85.8 Å². The second-order valence-corrected chi connectivity index (χ2v) is 5.72. The summed E-state index contributed by atoms with van der Waals surface area (Å²) in [7, 11) is 1.88. The van der Waals surface area contributed by atoms with Gasteiger partial charge in [0.15, 0.2) is 0 Å². The minimum Gasteiger partial charge on any atom is -0.397 e. The number of aromatic nitrogens is 3. The van der Waals surface area contributed by atoms with E-state index in [1.54, 1.807) is 23.3 Å². The number of carbonyl (C=O) groups is 1. The quantitative estimate of drug-likeness (QED) is 0.766. The van der Waals surface area contributed by atoms with E-state index in [-0.39, 0.29) is 5.91 Å². The van der Waals surface area contributed by atoms with Gasteiger partial charge in [0, 0.05) is 49.7 Å². The van der Waals surface area contributed by atoms with Gasteiger partial charge in [-0.15, -0.1) is 11.3 Å². The van der Waals surface area contributed by atoms with Gasteiger partial charge in [-0.25, -0.2) is 0 Å². The Bertz CT molecular complexity index is 792. The first-order valence-electron chi connectivity index (χ1n) is 6.54. The Kier molecular flexibility index (Phi) is 3.57. The van der Waals surface area contributed by atoms with Gasteiger partial charge in [0.25, 0.3) is 5.91 Å². The van der Waals surface area contributed by atoms with Crippen molar-refractivity contribution in [2.45, 2.75) is 6.42 Å². The van der Waals surface area contributed by atoms with Crippen molar-refractivity contribution in [2.24, 2.45) is 7.05 Å². The third-order valence-corrected chi connectivity index (χ3v) is 4.48. The van der Waals surface area contributed by atoms with E-state index in [4.69, 9.17) is 5.73 Å². The van der Waals surface area contributed by atoms with Gasteiger partial charge in [-0.1, -0.05) is 0 Å². The van der Waals surface area contributed by atoms with E-state index in [1.807, 2.05) is 19.2 Å². The molecule has 0 atom stereocenters. The highest BCUT2D eigenvalue weighted by molar-refractivity contribution is 7.21. The molecular weight excluding hydrogens is 286 g/mol. The monoisotopic (exact) mass is 301 g/mol. The van der Waals surface area contributed by atoms with Gasteiger partial charge in [-0.3, -0.25) is 14.5 Å². The highest BCUT2D eigenvalue weighted by Crippen LogP contribution is 2.32. The number of anilines is 1. The molecule has 0 aliphatic rings. The molecule has 1 amide bonds. The number of nitrogens with zero attached hydrogens (tertiary/aromatic N) is 3. The lowest BCUT2D eigenvalue weighted by Gasteiger charge is -2.05. The summed E-state index contributed by atoms with van der Waals surface area (Å²) >= 11 is 1.37. The normalized spacial score (nSPS) is 10.9. The number of hydrogen-bond acceptors (Lipinski definition) is 5. The fourth-order valence-corrected chi connectivity index (χ4v) is 3.18. The lowest BCUT2D eigenvalue weighted by atomic mass is 10.2. The van der Waals surface area contributed by atoms with Crippen molar-refractivity contribution in [1.29, 1.82) is 0 Å². The van der Waals surface area contributed by atoms with Crippen LogP contribution >= 0.6 is 11.3 Å². The zero-order valence-corrected chi connectivity index (χ0v) is 12.4. The molecule has 3 N–H and O–H groups in total. The Morgan fingerprint density at radius 1 is 1.43 bits per heavy atom. The average Bonchev–Trinajstić information content (AvgIpc) is 3.04. The van der Waals surface area contributed by atoms with E-state index in [1.165, 1.54) is 11.3 Å². The van der Waals surface area contributed by atoms with E-state index in [2.05, 4.69) is 15.4 Å². The molecule has 0 unspecified atom stereocenters. The number of aryl methyl sites for hydroxylation is 1. The molecule has 0 aliphatic carbocycles. The van der Waals surface area contributed by atoms with Crippen LogP contribution in [0, 0.1) is 0 Å². The Labute approximate surface area is 125 Å². The molecule has 0 aliphatic heterocycles. The first-order valence-corrected chi connectivity index (χ1v) is 7.35. The molecule has 108 valence electrons. The largest absolute Gasteiger partial charge is 0.397 e. The molecule has 6 nitrogen and oxygen atoms in total. The molecule has 3 aromatic heterocycles. The first kappa shape index (κ1) is 13.6. The molecule has 3 aromatic rings. The maximum absolute atomic E-state index is 12.2. The van der Waals surface area contributed by atoms with Crippen molar-refractivity contribution in [2.75, 3.05) is 12.3 Å². The molecule has 0 fully saturated rings. The molecule has 0 saturated carbocycles. The summed E-state index contributed by atoms with van der Waals surface area (Å²) in [6.45, 7) is 0.546. The summed E-state index contributed by atoms with van der Waals surface area (Å²) in [6.07, 6.45) is 5.88. The fraction of sp³-hybridized carbons (Fsp3) is 0.214. The molecule has 21 heavy (non-hydrogen) atoms. The lowest BCUT2D eigenvalue weighted by Crippen LogP contribution is -2.26. The molecule has 7 heteroatoms. The first-order chi connectivity index (χ1) is 10.2. The van der Waals surface area contributed by atoms with Crippen LogP contribution < -0.4 is 11.1 Å². The number of pyridine rings is 1. The Morgan fingerprint density at radius 2 is 2.29 bits per heavy atom. The van der Waals surface area contributed by atoms with Crippen LogP contribution in [0.15, 0.2) is 30.7 Å². The van der Waals surface area contributed by atoms with Crippen LogP contribution in [-0.4, -0.2) is 27.2 Å². The van der Waals surface area contributed by atoms with Crippen LogP contribution in [0.1, 0.15) is 15.4 Å². The van der Waals surface area contributed by atoms with Gasteiger partial charge in [0.1, 0.15) is 4.88 Å². The van der Waals surface area contributed by atoms with Crippen LogP contribution in [0.4, 0.5) is 5.69 Å². The summed E-state index contributed by atoms with van der Waals surface area (Å²) in [4.78, 5) is 16.8. The number of thiophene rings is 1. The summed E-state index contributed by atoms with van der Waals surface area (Å²) < 4.78 is 2.72. The van der Waals surface area contributed by atoms with Crippen molar-refractivity contribution >= 4 is 33.0 Å². The number of rotatable bonds is 4. The van der Waals surface area contributed by atoms with E-state index in [0.29, 0.717) is 17.1 Å². The second-order valence-electron chi connectivity index (χ2n) is 4.67. The number of nitrogens with two attached hydrogens (primary N) is 1. The molecule has 0 radical (unpaired) electrons. The molecule has 3 heterocycles. The summed E-state index contributed by atoms with van der Waals surface area (Å²) in [5.41, 5.74) is 7.63. The summed E-state index contributed by atoms with van der Waals surface area (Å²) in [5.74, 6) is -0.143. The SMILES string of the molecule is Cn1nccc1CCNC(=O)c1sc2cnccc2c1N. The number of hydrogen-bond donors (Lipinski definition) is 2. The fourth-order valence-electron chi connectivity index (χ4n) is 2.17. The van der Waals surface area contributed by atoms with Gasteiger partial charge < -0.3 is 11.1 Å². The molecule has 0 bridgehead atoms. The zero-order chi connectivity index (χ0) is 14.8. The van der Waals surface area contributed by atoms with E-state index >= 15 is 0 Å².